The fourth-order valence-corrected chi connectivity index (χ4v) is 2.79. The first-order chi connectivity index (χ1) is 7.71. The van der Waals surface area contributed by atoms with Gasteiger partial charge in [0.1, 0.15) is 5.82 Å². The molecule has 0 saturated heterocycles. The minimum atomic E-state index is -3.20. The number of nitrogens with zero attached hydrogens (tertiary/aromatic N) is 2. The van der Waals surface area contributed by atoms with E-state index in [1.165, 1.54) is 4.31 Å². The van der Waals surface area contributed by atoms with Crippen LogP contribution in [-0.4, -0.2) is 35.5 Å². The molecule has 0 aromatic carbocycles. The van der Waals surface area contributed by atoms with Gasteiger partial charge in [-0.1, -0.05) is 20.8 Å². The van der Waals surface area contributed by atoms with Crippen molar-refractivity contribution >= 4 is 10.0 Å². The van der Waals surface area contributed by atoms with E-state index in [4.69, 9.17) is 0 Å². The Labute approximate surface area is 103 Å². The highest BCUT2D eigenvalue weighted by Crippen LogP contribution is 2.20. The Kier molecular flexibility index (Phi) is 4.32. The number of aromatic nitrogens is 2. The Hall–Kier alpha value is -0.880. The first-order valence-electron chi connectivity index (χ1n) is 5.63. The standard InChI is InChI=1S/C11H21N3O2S/c1-11(2,3)5-8-17(15,16)14(4)9-10-12-6-7-13-10/h6-7H,5,8-9H2,1-4H3,(H,12,13). The van der Waals surface area contributed by atoms with Crippen LogP contribution in [0.2, 0.25) is 0 Å². The molecule has 1 N–H and O–H groups in total. The van der Waals surface area contributed by atoms with Gasteiger partial charge in [0, 0.05) is 19.4 Å². The van der Waals surface area contributed by atoms with Crippen molar-refractivity contribution in [2.24, 2.45) is 5.41 Å². The second-order valence-corrected chi connectivity index (χ2v) is 7.61. The molecule has 5 nitrogen and oxygen atoms in total. The van der Waals surface area contributed by atoms with Crippen LogP contribution in [0.15, 0.2) is 12.4 Å². The lowest BCUT2D eigenvalue weighted by Crippen LogP contribution is -2.30. The van der Waals surface area contributed by atoms with E-state index in [1.54, 1.807) is 19.4 Å². The highest BCUT2D eigenvalue weighted by molar-refractivity contribution is 7.89. The van der Waals surface area contributed by atoms with E-state index in [2.05, 4.69) is 9.97 Å². The normalized spacial score (nSPS) is 13.2. The lowest BCUT2D eigenvalue weighted by atomic mass is 9.94. The zero-order valence-electron chi connectivity index (χ0n) is 10.9. The number of rotatable bonds is 5. The average Bonchev–Trinajstić information content (AvgIpc) is 2.66. The van der Waals surface area contributed by atoms with Gasteiger partial charge in [0.05, 0.1) is 12.3 Å². The molecule has 1 heterocycles. The molecular weight excluding hydrogens is 238 g/mol. The van der Waals surface area contributed by atoms with Crippen LogP contribution < -0.4 is 0 Å². The summed E-state index contributed by atoms with van der Waals surface area (Å²) in [6.07, 6.45) is 3.95. The predicted molar refractivity (Wildman–Crippen MR) is 67.9 cm³/mol. The van der Waals surface area contributed by atoms with Gasteiger partial charge in [-0.05, 0) is 11.8 Å². The average molecular weight is 259 g/mol. The number of hydrogen-bond donors (Lipinski definition) is 1. The first kappa shape index (κ1) is 14.2. The molecule has 1 aromatic rings. The summed E-state index contributed by atoms with van der Waals surface area (Å²) in [6, 6.07) is 0. The van der Waals surface area contributed by atoms with Crippen LogP contribution in [0.5, 0.6) is 0 Å². The molecule has 0 amide bonds. The van der Waals surface area contributed by atoms with Crippen LogP contribution in [0.25, 0.3) is 0 Å². The highest BCUT2D eigenvalue weighted by atomic mass is 32.2. The van der Waals surface area contributed by atoms with Crippen LogP contribution in [-0.2, 0) is 16.6 Å². The Morgan fingerprint density at radius 2 is 2.06 bits per heavy atom. The van der Waals surface area contributed by atoms with Crippen molar-refractivity contribution in [1.29, 1.82) is 0 Å². The summed E-state index contributed by atoms with van der Waals surface area (Å²) in [4.78, 5) is 6.91. The van der Waals surface area contributed by atoms with Gasteiger partial charge in [0.2, 0.25) is 10.0 Å². The fourth-order valence-electron chi connectivity index (χ4n) is 1.28. The summed E-state index contributed by atoms with van der Waals surface area (Å²) >= 11 is 0. The molecule has 0 unspecified atom stereocenters. The molecular formula is C11H21N3O2S. The summed E-state index contributed by atoms with van der Waals surface area (Å²) in [6.45, 7) is 6.40. The van der Waals surface area contributed by atoms with Gasteiger partial charge in [-0.25, -0.2) is 13.4 Å². The van der Waals surface area contributed by atoms with Crippen LogP contribution in [0.4, 0.5) is 0 Å². The number of sulfonamides is 1. The summed E-state index contributed by atoms with van der Waals surface area (Å²) in [5, 5.41) is 0. The van der Waals surface area contributed by atoms with E-state index >= 15 is 0 Å². The van der Waals surface area contributed by atoms with Crippen molar-refractivity contribution in [3.63, 3.8) is 0 Å². The maximum Gasteiger partial charge on any atom is 0.214 e. The van der Waals surface area contributed by atoms with Gasteiger partial charge in [-0.15, -0.1) is 0 Å². The molecule has 0 aliphatic rings. The number of nitrogens with one attached hydrogen (secondary N) is 1. The Morgan fingerprint density at radius 1 is 1.41 bits per heavy atom. The van der Waals surface area contributed by atoms with E-state index in [1.807, 2.05) is 20.8 Å². The van der Waals surface area contributed by atoms with E-state index in [0.717, 1.165) is 0 Å². The Morgan fingerprint density at radius 3 is 2.53 bits per heavy atom. The molecule has 98 valence electrons. The lowest BCUT2D eigenvalue weighted by Gasteiger charge is -2.21. The van der Waals surface area contributed by atoms with Crippen LogP contribution in [0, 0.1) is 5.41 Å². The maximum atomic E-state index is 12.0. The largest absolute Gasteiger partial charge is 0.347 e. The van der Waals surface area contributed by atoms with Crippen molar-refractivity contribution in [2.45, 2.75) is 33.7 Å². The van der Waals surface area contributed by atoms with Gasteiger partial charge in [-0.3, -0.25) is 0 Å². The molecule has 0 saturated carbocycles. The summed E-state index contributed by atoms with van der Waals surface area (Å²) in [5.41, 5.74) is 0.0264. The molecule has 1 rings (SSSR count). The van der Waals surface area contributed by atoms with Crippen molar-refractivity contribution in [1.82, 2.24) is 14.3 Å². The van der Waals surface area contributed by atoms with Crippen molar-refractivity contribution in [2.75, 3.05) is 12.8 Å². The van der Waals surface area contributed by atoms with Crippen molar-refractivity contribution in [3.8, 4) is 0 Å². The molecule has 0 fully saturated rings. The maximum absolute atomic E-state index is 12.0. The molecule has 6 heteroatoms. The third kappa shape index (κ3) is 4.87. The Balaban J connectivity index is 2.58. The predicted octanol–water partition coefficient (Wildman–Crippen LogP) is 1.61. The molecule has 17 heavy (non-hydrogen) atoms. The molecule has 0 bridgehead atoms. The second kappa shape index (κ2) is 5.18. The smallest absolute Gasteiger partial charge is 0.214 e. The minimum Gasteiger partial charge on any atom is -0.347 e. The highest BCUT2D eigenvalue weighted by Gasteiger charge is 2.22. The monoisotopic (exact) mass is 259 g/mol. The third-order valence-corrected chi connectivity index (χ3v) is 4.31. The Bertz CT molecular complexity index is 432. The van der Waals surface area contributed by atoms with Crippen LogP contribution >= 0.6 is 0 Å². The fraction of sp³-hybridized carbons (Fsp3) is 0.727. The molecule has 0 atom stereocenters. The van der Waals surface area contributed by atoms with Crippen molar-refractivity contribution < 1.29 is 8.42 Å². The number of H-pyrrole nitrogens is 1. The summed E-state index contributed by atoms with van der Waals surface area (Å²) < 4.78 is 25.3. The van der Waals surface area contributed by atoms with Gasteiger partial charge in [-0.2, -0.15) is 4.31 Å². The molecule has 1 aromatic heterocycles. The minimum absolute atomic E-state index is 0.0264. The molecule has 0 spiro atoms. The number of aromatic amines is 1. The summed E-state index contributed by atoms with van der Waals surface area (Å²) in [7, 11) is -1.61. The van der Waals surface area contributed by atoms with E-state index in [-0.39, 0.29) is 11.2 Å². The lowest BCUT2D eigenvalue weighted by molar-refractivity contribution is 0.387. The van der Waals surface area contributed by atoms with E-state index in [0.29, 0.717) is 18.8 Å². The topological polar surface area (TPSA) is 66.1 Å². The first-order valence-corrected chi connectivity index (χ1v) is 7.24. The van der Waals surface area contributed by atoms with Crippen LogP contribution in [0.1, 0.15) is 33.0 Å². The van der Waals surface area contributed by atoms with Gasteiger partial charge in [0.25, 0.3) is 0 Å². The number of imidazole rings is 1. The molecule has 0 radical (unpaired) electrons. The quantitative estimate of drug-likeness (QED) is 0.873. The van der Waals surface area contributed by atoms with Gasteiger partial charge in [0.15, 0.2) is 0 Å². The van der Waals surface area contributed by atoms with E-state index in [9.17, 15) is 8.42 Å². The zero-order chi connectivity index (χ0) is 13.1. The SMILES string of the molecule is CN(Cc1ncc[nH]1)S(=O)(=O)CCC(C)(C)C. The third-order valence-electron chi connectivity index (χ3n) is 2.51. The summed E-state index contributed by atoms with van der Waals surface area (Å²) in [5.74, 6) is 0.833. The van der Waals surface area contributed by atoms with Gasteiger partial charge < -0.3 is 4.98 Å². The van der Waals surface area contributed by atoms with Crippen LogP contribution in [0.3, 0.4) is 0 Å². The van der Waals surface area contributed by atoms with E-state index < -0.39 is 10.0 Å². The zero-order valence-corrected chi connectivity index (χ0v) is 11.7. The molecule has 0 aliphatic carbocycles. The molecule has 0 aliphatic heterocycles. The van der Waals surface area contributed by atoms with Crippen molar-refractivity contribution in [3.05, 3.63) is 18.2 Å². The van der Waals surface area contributed by atoms with Gasteiger partial charge >= 0.3 is 0 Å². The second-order valence-electron chi connectivity index (χ2n) is 5.42. The number of hydrogen-bond acceptors (Lipinski definition) is 3.